The minimum atomic E-state index is -1.01. The number of nitrogens with one attached hydrogen (secondary N) is 1. The van der Waals surface area contributed by atoms with Crippen LogP contribution in [0.3, 0.4) is 0 Å². The van der Waals surface area contributed by atoms with E-state index in [4.69, 9.17) is 4.74 Å². The molecule has 0 fully saturated rings. The first-order valence-electron chi connectivity index (χ1n) is 7.99. The maximum absolute atomic E-state index is 11.9. The van der Waals surface area contributed by atoms with Crippen molar-refractivity contribution >= 4 is 6.09 Å². The Kier molecular flexibility index (Phi) is 6.78. The van der Waals surface area contributed by atoms with Crippen molar-refractivity contribution < 1.29 is 19.7 Å². The van der Waals surface area contributed by atoms with Gasteiger partial charge in [0.05, 0.1) is 12.6 Å². The minimum absolute atomic E-state index is 0.131. The first kappa shape index (κ1) is 18.0. The number of rotatable bonds is 7. The molecule has 0 saturated heterocycles. The van der Waals surface area contributed by atoms with Crippen LogP contribution >= 0.6 is 0 Å². The smallest absolute Gasteiger partial charge is 0.407 e. The lowest BCUT2D eigenvalue weighted by atomic mass is 10.0. The van der Waals surface area contributed by atoms with E-state index in [-0.39, 0.29) is 6.61 Å². The molecule has 2 atom stereocenters. The molecule has 0 radical (unpaired) electrons. The maximum atomic E-state index is 11.9. The molecule has 0 saturated carbocycles. The van der Waals surface area contributed by atoms with Crippen molar-refractivity contribution in [1.82, 2.24) is 5.32 Å². The van der Waals surface area contributed by atoms with Crippen molar-refractivity contribution in [2.45, 2.75) is 32.1 Å². The van der Waals surface area contributed by atoms with Gasteiger partial charge in [-0.05, 0) is 23.1 Å². The number of amides is 1. The summed E-state index contributed by atoms with van der Waals surface area (Å²) in [5.74, 6) is 0. The van der Waals surface area contributed by atoms with Crippen molar-refractivity contribution in [2.75, 3.05) is 6.61 Å². The topological polar surface area (TPSA) is 78.8 Å². The van der Waals surface area contributed by atoms with Gasteiger partial charge in [-0.2, -0.15) is 0 Å². The lowest BCUT2D eigenvalue weighted by molar-refractivity contribution is 0.0763. The van der Waals surface area contributed by atoms with E-state index in [1.165, 1.54) is 0 Å². The third kappa shape index (κ3) is 5.08. The van der Waals surface area contributed by atoms with Gasteiger partial charge in [0.15, 0.2) is 0 Å². The van der Waals surface area contributed by atoms with Gasteiger partial charge in [0, 0.05) is 0 Å². The summed E-state index contributed by atoms with van der Waals surface area (Å²) in [4.78, 5) is 11.9. The fourth-order valence-electron chi connectivity index (χ4n) is 2.32. The predicted octanol–water partition coefficient (Wildman–Crippen LogP) is 2.57. The summed E-state index contributed by atoms with van der Waals surface area (Å²) in [6.07, 6.45) is -0.781. The number of aryl methyl sites for hydroxylation is 1. The summed E-state index contributed by atoms with van der Waals surface area (Å²) in [5.41, 5.74) is 2.65. The molecule has 1 amide bonds. The summed E-state index contributed by atoms with van der Waals surface area (Å²) in [6, 6.07) is 15.9. The maximum Gasteiger partial charge on any atom is 0.407 e. The number of benzene rings is 2. The number of carbonyl (C=O) groups is 1. The highest BCUT2D eigenvalue weighted by molar-refractivity contribution is 5.67. The normalized spacial score (nSPS) is 13.1. The van der Waals surface area contributed by atoms with Gasteiger partial charge in [-0.1, -0.05) is 61.5 Å². The van der Waals surface area contributed by atoms with Crippen LogP contribution in [0.15, 0.2) is 54.6 Å². The molecule has 0 aliphatic rings. The second-order valence-electron chi connectivity index (χ2n) is 5.54. The van der Waals surface area contributed by atoms with E-state index in [9.17, 15) is 15.0 Å². The van der Waals surface area contributed by atoms with Gasteiger partial charge >= 0.3 is 6.09 Å². The van der Waals surface area contributed by atoms with Crippen LogP contribution in [-0.2, 0) is 17.8 Å². The lowest BCUT2D eigenvalue weighted by Gasteiger charge is -2.22. The highest BCUT2D eigenvalue weighted by atomic mass is 16.5. The molecule has 0 unspecified atom stereocenters. The molecule has 0 aromatic heterocycles. The zero-order chi connectivity index (χ0) is 17.4. The number of alkyl carbamates (subject to hydrolysis) is 1. The second-order valence-corrected chi connectivity index (χ2v) is 5.54. The molecule has 0 aliphatic carbocycles. The number of aliphatic hydroxyl groups excluding tert-OH is 2. The van der Waals surface area contributed by atoms with Crippen LogP contribution in [0.2, 0.25) is 0 Å². The van der Waals surface area contributed by atoms with Crippen molar-refractivity contribution in [1.29, 1.82) is 0 Å². The monoisotopic (exact) mass is 329 g/mol. The van der Waals surface area contributed by atoms with Crippen molar-refractivity contribution in [2.24, 2.45) is 0 Å². The van der Waals surface area contributed by atoms with E-state index in [2.05, 4.69) is 5.32 Å². The average Bonchev–Trinajstić information content (AvgIpc) is 2.64. The van der Waals surface area contributed by atoms with Gasteiger partial charge in [0.1, 0.15) is 12.7 Å². The van der Waals surface area contributed by atoms with E-state index in [1.807, 2.05) is 49.4 Å². The molecule has 2 aromatic rings. The van der Waals surface area contributed by atoms with Gasteiger partial charge in [-0.3, -0.25) is 0 Å². The summed E-state index contributed by atoms with van der Waals surface area (Å²) in [6.45, 7) is 1.79. The van der Waals surface area contributed by atoms with E-state index < -0.39 is 24.8 Å². The van der Waals surface area contributed by atoms with Crippen molar-refractivity contribution in [3.8, 4) is 0 Å². The zero-order valence-corrected chi connectivity index (χ0v) is 13.7. The summed E-state index contributed by atoms with van der Waals surface area (Å²) in [7, 11) is 0. The summed E-state index contributed by atoms with van der Waals surface area (Å²) >= 11 is 0. The summed E-state index contributed by atoms with van der Waals surface area (Å²) in [5, 5.41) is 22.3. The molecule has 0 bridgehead atoms. The molecule has 24 heavy (non-hydrogen) atoms. The van der Waals surface area contributed by atoms with E-state index in [1.54, 1.807) is 12.1 Å². The zero-order valence-electron chi connectivity index (χ0n) is 13.7. The number of aliphatic hydroxyl groups is 2. The first-order chi connectivity index (χ1) is 11.6. The van der Waals surface area contributed by atoms with Crippen LogP contribution in [0.1, 0.15) is 29.7 Å². The molecule has 0 spiro atoms. The third-order valence-electron chi connectivity index (χ3n) is 3.82. The van der Waals surface area contributed by atoms with E-state index in [0.29, 0.717) is 5.56 Å². The first-order valence-corrected chi connectivity index (χ1v) is 7.99. The van der Waals surface area contributed by atoms with Crippen LogP contribution in [0, 0.1) is 0 Å². The standard InChI is InChI=1S/C19H23NO4/c1-2-14-8-10-16(11-9-14)18(22)17(12-21)20-19(23)24-13-15-6-4-3-5-7-15/h3-11,17-18,21-22H,2,12-13H2,1H3,(H,20,23)/t17-,18-/m1/s1. The lowest BCUT2D eigenvalue weighted by Crippen LogP contribution is -2.42. The molecule has 5 heteroatoms. The second kappa shape index (κ2) is 9.05. The Balaban J connectivity index is 1.90. The predicted molar refractivity (Wildman–Crippen MR) is 91.4 cm³/mol. The molecular weight excluding hydrogens is 306 g/mol. The molecule has 5 nitrogen and oxygen atoms in total. The van der Waals surface area contributed by atoms with Crippen molar-refractivity contribution in [3.05, 3.63) is 71.3 Å². The number of hydrogen-bond acceptors (Lipinski definition) is 4. The molecule has 3 N–H and O–H groups in total. The van der Waals surface area contributed by atoms with E-state index >= 15 is 0 Å². The quantitative estimate of drug-likeness (QED) is 0.729. The number of hydrogen-bond donors (Lipinski definition) is 3. The Morgan fingerprint density at radius 2 is 1.75 bits per heavy atom. The van der Waals surface area contributed by atoms with Crippen LogP contribution in [0.5, 0.6) is 0 Å². The average molecular weight is 329 g/mol. The molecular formula is C19H23NO4. The third-order valence-corrected chi connectivity index (χ3v) is 3.82. The number of ether oxygens (including phenoxy) is 1. The molecule has 0 heterocycles. The minimum Gasteiger partial charge on any atom is -0.445 e. The SMILES string of the molecule is CCc1ccc([C@@H](O)[C@@H](CO)NC(=O)OCc2ccccc2)cc1. The number of carbonyl (C=O) groups excluding carboxylic acids is 1. The van der Waals surface area contributed by atoms with Gasteiger partial charge in [0.2, 0.25) is 0 Å². The van der Waals surface area contributed by atoms with Crippen LogP contribution in [-0.4, -0.2) is 29.0 Å². The summed E-state index contributed by atoms with van der Waals surface area (Å²) < 4.78 is 5.11. The highest BCUT2D eigenvalue weighted by Crippen LogP contribution is 2.18. The van der Waals surface area contributed by atoms with Crippen molar-refractivity contribution in [3.63, 3.8) is 0 Å². The Morgan fingerprint density at radius 3 is 2.33 bits per heavy atom. The van der Waals surface area contributed by atoms with Gasteiger partial charge in [-0.25, -0.2) is 4.79 Å². The molecule has 2 aromatic carbocycles. The Hall–Kier alpha value is -2.37. The molecule has 0 aliphatic heterocycles. The highest BCUT2D eigenvalue weighted by Gasteiger charge is 2.22. The van der Waals surface area contributed by atoms with Crippen LogP contribution < -0.4 is 5.32 Å². The Labute approximate surface area is 141 Å². The Morgan fingerprint density at radius 1 is 1.08 bits per heavy atom. The largest absolute Gasteiger partial charge is 0.445 e. The van der Waals surface area contributed by atoms with Crippen LogP contribution in [0.4, 0.5) is 4.79 Å². The van der Waals surface area contributed by atoms with Crippen LogP contribution in [0.25, 0.3) is 0 Å². The van der Waals surface area contributed by atoms with Gasteiger partial charge in [-0.15, -0.1) is 0 Å². The molecule has 128 valence electrons. The fourth-order valence-corrected chi connectivity index (χ4v) is 2.32. The molecule has 2 rings (SSSR count). The van der Waals surface area contributed by atoms with Gasteiger partial charge < -0.3 is 20.3 Å². The fraction of sp³-hybridized carbons (Fsp3) is 0.316. The van der Waals surface area contributed by atoms with E-state index in [0.717, 1.165) is 17.5 Å². The van der Waals surface area contributed by atoms with Gasteiger partial charge in [0.25, 0.3) is 0 Å². The Bertz CT molecular complexity index is 628.